The number of H-pyrrole nitrogens is 1. The highest BCUT2D eigenvalue weighted by atomic mass is 28.4. The van der Waals surface area contributed by atoms with Crippen molar-refractivity contribution >= 4 is 61.0 Å². The van der Waals surface area contributed by atoms with Crippen LogP contribution in [0.25, 0.3) is 11.0 Å². The molecule has 2 aromatic heterocycles. The Morgan fingerprint density at radius 1 is 0.869 bits per heavy atom. The summed E-state index contributed by atoms with van der Waals surface area (Å²) >= 11 is 0. The maximum Gasteiger partial charge on any atom is 0.261 e. The molecule has 61 heavy (non-hydrogen) atoms. The number of rotatable bonds is 14. The maximum absolute atomic E-state index is 14.2. The van der Waals surface area contributed by atoms with Crippen LogP contribution in [-0.2, 0) is 4.43 Å². The first-order valence-electron chi connectivity index (χ1n) is 21.9. The Morgan fingerprint density at radius 3 is 2.05 bits per heavy atom. The fraction of sp³-hybridized carbons (Fsp3) is 0.429. The molecule has 10 nitrogen and oxygen atoms in total. The van der Waals surface area contributed by atoms with Gasteiger partial charge in [-0.1, -0.05) is 129 Å². The van der Waals surface area contributed by atoms with Crippen LogP contribution in [0.2, 0.25) is 21.7 Å². The summed E-state index contributed by atoms with van der Waals surface area (Å²) in [6.45, 7) is 24.9. The molecule has 3 heterocycles. The van der Waals surface area contributed by atoms with Gasteiger partial charge >= 0.3 is 0 Å². The van der Waals surface area contributed by atoms with E-state index >= 15 is 0 Å². The minimum atomic E-state index is -2.69. The van der Waals surface area contributed by atoms with E-state index in [0.29, 0.717) is 70.0 Å². The van der Waals surface area contributed by atoms with Gasteiger partial charge in [0.15, 0.2) is 0 Å². The number of fused-ring (bicyclic) bond motifs is 1. The summed E-state index contributed by atoms with van der Waals surface area (Å²) in [7, 11) is -2.60. The number of hydrogen-bond donors (Lipinski definition) is 3. The van der Waals surface area contributed by atoms with Gasteiger partial charge in [-0.05, 0) is 63.7 Å². The second kappa shape index (κ2) is 19.3. The highest BCUT2D eigenvalue weighted by Gasteiger charge is 2.50. The van der Waals surface area contributed by atoms with Crippen molar-refractivity contribution in [3.05, 3.63) is 113 Å². The van der Waals surface area contributed by atoms with E-state index in [1.54, 1.807) is 12.3 Å². The van der Waals surface area contributed by atoms with Crippen LogP contribution in [0.4, 0.5) is 17.3 Å². The second-order valence-electron chi connectivity index (χ2n) is 18.4. The number of anilines is 3. The number of likely N-dealkylation sites (N-methyl/N-ethyl adjacent to an activating group) is 1. The second-order valence-corrected chi connectivity index (χ2v) is 28.3. The number of amides is 1. The van der Waals surface area contributed by atoms with E-state index in [2.05, 4.69) is 160 Å². The predicted octanol–water partition coefficient (Wildman–Crippen LogP) is 8.08. The quantitative estimate of drug-likeness (QED) is 0.0584. The molecule has 1 fully saturated rings. The number of aromatic amines is 1. The Kier molecular flexibility index (Phi) is 14.4. The van der Waals surface area contributed by atoms with Crippen molar-refractivity contribution in [3.8, 4) is 11.5 Å². The van der Waals surface area contributed by atoms with E-state index in [9.17, 15) is 9.59 Å². The van der Waals surface area contributed by atoms with Crippen molar-refractivity contribution in [2.75, 3.05) is 56.6 Å². The number of carbonyl (C=O) groups is 1. The van der Waals surface area contributed by atoms with Crippen LogP contribution in [0.15, 0.2) is 95.9 Å². The van der Waals surface area contributed by atoms with Crippen molar-refractivity contribution in [2.45, 2.75) is 90.4 Å². The van der Waals surface area contributed by atoms with Crippen molar-refractivity contribution < 1.29 is 9.22 Å². The molecule has 1 aliphatic heterocycles. The molecule has 0 saturated carbocycles. The minimum Gasteiger partial charge on any atom is -0.407 e. The third-order valence-corrected chi connectivity index (χ3v) is 23.9. The van der Waals surface area contributed by atoms with Crippen LogP contribution in [0.5, 0.6) is 0 Å². The molecule has 0 atom stereocenters. The molecule has 0 radical (unpaired) electrons. The zero-order valence-electron chi connectivity index (χ0n) is 37.9. The number of hydrogen-bond acceptors (Lipinski definition) is 8. The lowest BCUT2D eigenvalue weighted by Crippen LogP contribution is -2.66. The zero-order valence-corrected chi connectivity index (χ0v) is 39.9. The summed E-state index contributed by atoms with van der Waals surface area (Å²) in [6.07, 6.45) is 2.37. The van der Waals surface area contributed by atoms with E-state index in [4.69, 9.17) is 9.41 Å². The van der Waals surface area contributed by atoms with Crippen molar-refractivity contribution in [3.63, 3.8) is 0 Å². The summed E-state index contributed by atoms with van der Waals surface area (Å²) in [5.41, 5.74) is 8.02. The molecule has 5 aromatic rings. The SMILES string of the molecule is CC(C)[Si](C#Cc1cc(=O)[nH]c2nc(Nc3ccc(N4CCN(C)CC4)c(C(=O)NCCCO[Si](c4ccccc4)(c4ccccc4)C(C)(C)C)c3)ncc12)(C(C)C)C(C)C. The Balaban J connectivity index is 1.23. The standard InChI is InChI=1S/C49H65N7O3Si2/c1-35(2)60(36(3)4,37(5)6)31-24-38-32-45(57)53-46-43(38)34-51-48(54-46)52-39-22-23-44(56-28-26-55(10)27-29-56)42(33-39)47(58)50-25-17-30-59-61(49(7,8)9,40-18-13-11-14-19-40)41-20-15-12-16-21-41/h11-16,18-23,32-37H,17,25-30H2,1-10H3,(H,50,58)(H2,51,52,53,54,57). The van der Waals surface area contributed by atoms with Gasteiger partial charge in [-0.15, -0.1) is 5.54 Å². The normalized spacial score (nSPS) is 14.1. The predicted molar refractivity (Wildman–Crippen MR) is 258 cm³/mol. The first kappa shape index (κ1) is 45.5. The molecule has 1 saturated heterocycles. The topological polar surface area (TPSA) is 115 Å². The van der Waals surface area contributed by atoms with E-state index in [-0.39, 0.29) is 16.5 Å². The maximum atomic E-state index is 14.2. The van der Waals surface area contributed by atoms with E-state index in [1.165, 1.54) is 10.4 Å². The zero-order chi connectivity index (χ0) is 44.0. The van der Waals surface area contributed by atoms with Gasteiger partial charge in [0.25, 0.3) is 19.8 Å². The minimum absolute atomic E-state index is 0.132. The smallest absolute Gasteiger partial charge is 0.261 e. The van der Waals surface area contributed by atoms with Crippen LogP contribution < -0.4 is 31.5 Å². The van der Waals surface area contributed by atoms with Crippen LogP contribution >= 0.6 is 0 Å². The lowest BCUT2D eigenvalue weighted by molar-refractivity contribution is 0.0951. The highest BCUT2D eigenvalue weighted by molar-refractivity contribution is 6.99. The molecule has 1 aliphatic rings. The summed E-state index contributed by atoms with van der Waals surface area (Å²) in [4.78, 5) is 43.9. The highest BCUT2D eigenvalue weighted by Crippen LogP contribution is 2.41. The number of pyridine rings is 1. The molecule has 3 aromatic carbocycles. The number of nitrogens with zero attached hydrogens (tertiary/aromatic N) is 4. The summed E-state index contributed by atoms with van der Waals surface area (Å²) < 4.78 is 7.09. The monoisotopic (exact) mass is 855 g/mol. The molecule has 12 heteroatoms. The van der Waals surface area contributed by atoms with Crippen LogP contribution in [0, 0.1) is 11.5 Å². The summed E-state index contributed by atoms with van der Waals surface area (Å²) in [5.74, 6) is 3.58. The van der Waals surface area contributed by atoms with Crippen LogP contribution in [0.3, 0.4) is 0 Å². The first-order valence-corrected chi connectivity index (χ1v) is 26.0. The van der Waals surface area contributed by atoms with Crippen molar-refractivity contribution in [1.82, 2.24) is 25.2 Å². The average Bonchev–Trinajstić information content (AvgIpc) is 3.22. The third-order valence-electron chi connectivity index (χ3n) is 12.6. The Labute approximate surface area is 365 Å². The molecule has 6 rings (SSSR count). The van der Waals surface area contributed by atoms with Gasteiger partial charge in [0.1, 0.15) is 13.7 Å². The number of nitrogens with one attached hydrogen (secondary N) is 3. The number of aromatic nitrogens is 3. The molecular formula is C49H65N7O3Si2. The molecule has 3 N–H and O–H groups in total. The average molecular weight is 856 g/mol. The van der Waals surface area contributed by atoms with Gasteiger partial charge < -0.3 is 29.8 Å². The lowest BCUT2D eigenvalue weighted by Gasteiger charge is -2.43. The van der Waals surface area contributed by atoms with Gasteiger partial charge in [-0.25, -0.2) is 4.98 Å². The summed E-state index contributed by atoms with van der Waals surface area (Å²) in [6, 6.07) is 28.6. The fourth-order valence-electron chi connectivity index (χ4n) is 9.41. The van der Waals surface area contributed by atoms with Gasteiger partial charge in [0.05, 0.1) is 10.9 Å². The number of piperazine rings is 1. The first-order chi connectivity index (χ1) is 29.1. The number of carbonyl (C=O) groups excluding carboxylic acids is 1. The van der Waals surface area contributed by atoms with Gasteiger partial charge in [0.2, 0.25) is 5.95 Å². The third kappa shape index (κ3) is 9.86. The molecule has 0 spiro atoms. The Hall–Kier alpha value is -5.07. The van der Waals surface area contributed by atoms with Crippen LogP contribution in [0.1, 0.15) is 84.7 Å². The lowest BCUT2D eigenvalue weighted by atomic mass is 10.1. The summed E-state index contributed by atoms with van der Waals surface area (Å²) in [5, 5.41) is 9.56. The van der Waals surface area contributed by atoms with E-state index < -0.39 is 16.4 Å². The van der Waals surface area contributed by atoms with Crippen molar-refractivity contribution in [1.29, 1.82) is 0 Å². The fourth-order valence-corrected chi connectivity index (χ4v) is 19.2. The van der Waals surface area contributed by atoms with Gasteiger partial charge in [-0.2, -0.15) is 4.98 Å². The van der Waals surface area contributed by atoms with E-state index in [1.807, 2.05) is 30.3 Å². The number of benzene rings is 3. The van der Waals surface area contributed by atoms with Gasteiger partial charge in [0, 0.05) is 68.5 Å². The van der Waals surface area contributed by atoms with E-state index in [0.717, 1.165) is 31.9 Å². The van der Waals surface area contributed by atoms with Crippen molar-refractivity contribution in [2.24, 2.45) is 0 Å². The molecule has 322 valence electrons. The van der Waals surface area contributed by atoms with Crippen LogP contribution in [-0.4, -0.2) is 88.5 Å². The molecule has 0 unspecified atom stereocenters. The largest absolute Gasteiger partial charge is 0.407 e. The molecule has 0 aliphatic carbocycles. The van der Waals surface area contributed by atoms with Gasteiger partial charge in [-0.3, -0.25) is 9.59 Å². The Bertz CT molecular complexity index is 2330. The Morgan fingerprint density at radius 2 is 1.48 bits per heavy atom. The molecule has 0 bridgehead atoms. The molecular weight excluding hydrogens is 791 g/mol. The molecule has 1 amide bonds.